The van der Waals surface area contributed by atoms with Gasteiger partial charge in [-0.15, -0.1) is 0 Å². The first-order chi connectivity index (χ1) is 8.34. The Hall–Kier alpha value is -2.29. The van der Waals surface area contributed by atoms with E-state index in [9.17, 15) is 0 Å². The lowest BCUT2D eigenvalue weighted by atomic mass is 10.0. The summed E-state index contributed by atoms with van der Waals surface area (Å²) in [5.41, 5.74) is 5.12. The second-order valence-corrected chi connectivity index (χ2v) is 3.90. The Balaban J connectivity index is 2.22. The topological polar surface area (TPSA) is 38.7 Å². The highest BCUT2D eigenvalue weighted by atomic mass is 14.8. The summed E-state index contributed by atoms with van der Waals surface area (Å²) in [6.45, 7) is 2.01. The van der Waals surface area contributed by atoms with E-state index in [0.717, 1.165) is 27.9 Å². The predicted molar refractivity (Wildman–Crippen MR) is 67.5 cm³/mol. The molecule has 0 aliphatic heterocycles. The maximum absolute atomic E-state index is 4.31. The summed E-state index contributed by atoms with van der Waals surface area (Å²) in [5, 5.41) is 0. The summed E-state index contributed by atoms with van der Waals surface area (Å²) in [7, 11) is 0. The molecule has 3 nitrogen and oxygen atoms in total. The normalized spacial score (nSPS) is 10.6. The Kier molecular flexibility index (Phi) is 2.29. The van der Waals surface area contributed by atoms with Crippen molar-refractivity contribution in [2.45, 2.75) is 6.92 Å². The number of pyridine rings is 1. The van der Waals surface area contributed by atoms with Crippen LogP contribution in [-0.2, 0) is 0 Å². The minimum absolute atomic E-state index is 0.910. The number of rotatable bonds is 1. The van der Waals surface area contributed by atoms with Gasteiger partial charge in [0.25, 0.3) is 0 Å². The van der Waals surface area contributed by atoms with E-state index in [-0.39, 0.29) is 0 Å². The third kappa shape index (κ3) is 1.76. The molecule has 0 radical (unpaired) electrons. The number of aryl methyl sites for hydroxylation is 1. The molecule has 0 saturated heterocycles. The van der Waals surface area contributed by atoms with Crippen LogP contribution in [0.4, 0.5) is 0 Å². The molecule has 2 aromatic heterocycles. The van der Waals surface area contributed by atoms with E-state index >= 15 is 0 Å². The van der Waals surface area contributed by atoms with Crippen LogP contribution in [0, 0.1) is 6.92 Å². The van der Waals surface area contributed by atoms with Gasteiger partial charge in [-0.3, -0.25) is 15.0 Å². The SMILES string of the molecule is Cc1ncccc1-c1ccc2nccnc2c1. The molecule has 0 saturated carbocycles. The van der Waals surface area contributed by atoms with Crippen molar-refractivity contribution < 1.29 is 0 Å². The summed E-state index contributed by atoms with van der Waals surface area (Å²) in [6, 6.07) is 10.1. The number of benzene rings is 1. The zero-order valence-electron chi connectivity index (χ0n) is 9.46. The Bertz CT molecular complexity index is 677. The Labute approximate surface area is 99.2 Å². The molecule has 0 amide bonds. The molecular formula is C14H11N3. The Morgan fingerprint density at radius 1 is 0.824 bits per heavy atom. The molecule has 1 aromatic carbocycles. The average Bonchev–Trinajstić information content (AvgIpc) is 2.39. The molecule has 3 aromatic rings. The van der Waals surface area contributed by atoms with Crippen molar-refractivity contribution >= 4 is 11.0 Å². The molecule has 2 heterocycles. The van der Waals surface area contributed by atoms with Gasteiger partial charge in [0, 0.05) is 29.8 Å². The lowest BCUT2D eigenvalue weighted by Crippen LogP contribution is -1.88. The lowest BCUT2D eigenvalue weighted by molar-refractivity contribution is 1.20. The number of hydrogen-bond donors (Lipinski definition) is 0. The highest BCUT2D eigenvalue weighted by molar-refractivity contribution is 5.81. The monoisotopic (exact) mass is 221 g/mol. The van der Waals surface area contributed by atoms with Crippen molar-refractivity contribution in [2.24, 2.45) is 0 Å². The Morgan fingerprint density at radius 3 is 2.47 bits per heavy atom. The van der Waals surface area contributed by atoms with E-state index in [1.807, 2.05) is 25.1 Å². The van der Waals surface area contributed by atoms with Crippen molar-refractivity contribution in [2.75, 3.05) is 0 Å². The molecule has 3 heteroatoms. The number of fused-ring (bicyclic) bond motifs is 1. The number of nitrogens with zero attached hydrogens (tertiary/aromatic N) is 3. The summed E-state index contributed by atoms with van der Waals surface area (Å²) >= 11 is 0. The molecule has 0 bridgehead atoms. The van der Waals surface area contributed by atoms with Gasteiger partial charge in [-0.2, -0.15) is 0 Å². The fraction of sp³-hybridized carbons (Fsp3) is 0.0714. The molecular weight excluding hydrogens is 210 g/mol. The van der Waals surface area contributed by atoms with E-state index in [1.165, 1.54) is 0 Å². The van der Waals surface area contributed by atoms with Crippen LogP contribution < -0.4 is 0 Å². The molecule has 3 rings (SSSR count). The smallest absolute Gasteiger partial charge is 0.0892 e. The van der Waals surface area contributed by atoms with Gasteiger partial charge in [0.15, 0.2) is 0 Å². The third-order valence-electron chi connectivity index (χ3n) is 2.79. The summed E-state index contributed by atoms with van der Waals surface area (Å²) in [4.78, 5) is 12.9. The average molecular weight is 221 g/mol. The minimum atomic E-state index is 0.910. The number of hydrogen-bond acceptors (Lipinski definition) is 3. The van der Waals surface area contributed by atoms with Gasteiger partial charge < -0.3 is 0 Å². The zero-order chi connectivity index (χ0) is 11.7. The first-order valence-electron chi connectivity index (χ1n) is 5.47. The van der Waals surface area contributed by atoms with Crippen LogP contribution >= 0.6 is 0 Å². The van der Waals surface area contributed by atoms with Crippen molar-refractivity contribution in [1.82, 2.24) is 15.0 Å². The summed E-state index contributed by atoms with van der Waals surface area (Å²) < 4.78 is 0. The van der Waals surface area contributed by atoms with Crippen molar-refractivity contribution in [3.05, 3.63) is 54.6 Å². The van der Waals surface area contributed by atoms with Crippen LogP contribution in [-0.4, -0.2) is 15.0 Å². The molecule has 0 aliphatic rings. The first kappa shape index (κ1) is 9.90. The third-order valence-corrected chi connectivity index (χ3v) is 2.79. The molecule has 0 atom stereocenters. The molecule has 0 fully saturated rings. The number of aromatic nitrogens is 3. The van der Waals surface area contributed by atoms with Gasteiger partial charge in [0.2, 0.25) is 0 Å². The van der Waals surface area contributed by atoms with Crippen LogP contribution in [0.15, 0.2) is 48.9 Å². The quantitative estimate of drug-likeness (QED) is 0.634. The van der Waals surface area contributed by atoms with Crippen molar-refractivity contribution in [1.29, 1.82) is 0 Å². The van der Waals surface area contributed by atoms with Crippen LogP contribution in [0.25, 0.3) is 22.2 Å². The molecule has 17 heavy (non-hydrogen) atoms. The largest absolute Gasteiger partial charge is 0.261 e. The molecule has 0 unspecified atom stereocenters. The van der Waals surface area contributed by atoms with Crippen LogP contribution in [0.3, 0.4) is 0 Å². The minimum Gasteiger partial charge on any atom is -0.261 e. The first-order valence-corrected chi connectivity index (χ1v) is 5.47. The summed E-state index contributed by atoms with van der Waals surface area (Å²) in [6.07, 6.45) is 5.22. The fourth-order valence-electron chi connectivity index (χ4n) is 1.92. The maximum Gasteiger partial charge on any atom is 0.0892 e. The van der Waals surface area contributed by atoms with Gasteiger partial charge in [-0.1, -0.05) is 12.1 Å². The second kappa shape index (κ2) is 3.94. The van der Waals surface area contributed by atoms with Crippen LogP contribution in [0.1, 0.15) is 5.69 Å². The highest BCUT2D eigenvalue weighted by Gasteiger charge is 2.03. The van der Waals surface area contributed by atoms with Gasteiger partial charge in [-0.25, -0.2) is 0 Å². The fourth-order valence-corrected chi connectivity index (χ4v) is 1.92. The Morgan fingerprint density at radius 2 is 1.65 bits per heavy atom. The molecule has 0 N–H and O–H groups in total. The van der Waals surface area contributed by atoms with E-state index in [4.69, 9.17) is 0 Å². The molecule has 0 spiro atoms. The summed E-state index contributed by atoms with van der Waals surface area (Å²) in [5.74, 6) is 0. The molecule has 82 valence electrons. The van der Waals surface area contributed by atoms with Gasteiger partial charge in [0.05, 0.1) is 11.0 Å². The molecule has 0 aliphatic carbocycles. The van der Waals surface area contributed by atoms with Gasteiger partial charge in [0.1, 0.15) is 0 Å². The van der Waals surface area contributed by atoms with E-state index in [0.29, 0.717) is 0 Å². The van der Waals surface area contributed by atoms with Gasteiger partial charge in [-0.05, 0) is 30.7 Å². The van der Waals surface area contributed by atoms with E-state index in [1.54, 1.807) is 18.6 Å². The maximum atomic E-state index is 4.31. The zero-order valence-corrected chi connectivity index (χ0v) is 9.46. The lowest BCUT2D eigenvalue weighted by Gasteiger charge is -2.05. The highest BCUT2D eigenvalue weighted by Crippen LogP contribution is 2.24. The van der Waals surface area contributed by atoms with Crippen molar-refractivity contribution in [3.63, 3.8) is 0 Å². The predicted octanol–water partition coefficient (Wildman–Crippen LogP) is 3.00. The van der Waals surface area contributed by atoms with Crippen molar-refractivity contribution in [3.8, 4) is 11.1 Å². The van der Waals surface area contributed by atoms with E-state index in [2.05, 4.69) is 27.1 Å². The van der Waals surface area contributed by atoms with Crippen LogP contribution in [0.5, 0.6) is 0 Å². The standard InChI is InChI=1S/C14H11N3/c1-10-12(3-2-6-15-10)11-4-5-13-14(9-11)17-8-7-16-13/h2-9H,1H3. The van der Waals surface area contributed by atoms with Gasteiger partial charge >= 0.3 is 0 Å². The van der Waals surface area contributed by atoms with Crippen LogP contribution in [0.2, 0.25) is 0 Å². The van der Waals surface area contributed by atoms with E-state index < -0.39 is 0 Å². The second-order valence-electron chi connectivity index (χ2n) is 3.90.